The maximum atomic E-state index is 13.7. The van der Waals surface area contributed by atoms with E-state index in [0.717, 1.165) is 10.9 Å². The first-order chi connectivity index (χ1) is 21.8. The van der Waals surface area contributed by atoms with E-state index in [-0.39, 0.29) is 46.8 Å². The molecule has 45 heavy (non-hydrogen) atoms. The number of hydrogen-bond donors (Lipinski definition) is 0. The Bertz CT molecular complexity index is 1900. The predicted octanol–water partition coefficient (Wildman–Crippen LogP) is 7.04. The molecule has 7 unspecified atom stereocenters. The molecule has 8 heteroatoms. The van der Waals surface area contributed by atoms with Crippen molar-refractivity contribution in [3.8, 4) is 11.3 Å². The fraction of sp³-hybridized carbons (Fsp3) is 0.270. The van der Waals surface area contributed by atoms with Gasteiger partial charge >= 0.3 is 5.97 Å². The Labute approximate surface area is 268 Å². The van der Waals surface area contributed by atoms with Crippen molar-refractivity contribution in [2.75, 3.05) is 4.90 Å². The van der Waals surface area contributed by atoms with Crippen LogP contribution in [0.5, 0.6) is 0 Å². The number of esters is 1. The standard InChI is InChI=1S/C37H29BrN2O5/c1-2-31(34(41)20-6-4-3-5-7-20)45-37(44)28-18-30(39-29-15-10-21(38)16-27(28)29)19-8-11-22(12-9-19)40-35(42)32-23-13-14-24(26-17-25(23)26)33(32)36(40)43/h3-16,18,23-26,31-33H,2,17H2,1H3. The monoisotopic (exact) mass is 660 g/mol. The van der Waals surface area contributed by atoms with Gasteiger partial charge in [-0.25, -0.2) is 9.78 Å². The van der Waals surface area contributed by atoms with E-state index in [9.17, 15) is 19.2 Å². The highest BCUT2D eigenvalue weighted by Crippen LogP contribution is 2.65. The summed E-state index contributed by atoms with van der Waals surface area (Å²) >= 11 is 3.49. The molecular weight excluding hydrogens is 632 g/mol. The first kappa shape index (κ1) is 28.1. The molecule has 0 spiro atoms. The van der Waals surface area contributed by atoms with Crippen molar-refractivity contribution < 1.29 is 23.9 Å². The number of pyridine rings is 1. The summed E-state index contributed by atoms with van der Waals surface area (Å²) in [6.45, 7) is 1.81. The van der Waals surface area contributed by atoms with Crippen LogP contribution < -0.4 is 4.90 Å². The molecule has 0 N–H and O–H groups in total. The summed E-state index contributed by atoms with van der Waals surface area (Å²) in [4.78, 5) is 60.1. The Hall–Kier alpha value is -4.43. The van der Waals surface area contributed by atoms with Crippen LogP contribution in [0.3, 0.4) is 0 Å². The smallest absolute Gasteiger partial charge is 0.339 e. The van der Waals surface area contributed by atoms with Crippen molar-refractivity contribution in [2.24, 2.45) is 35.5 Å². The summed E-state index contributed by atoms with van der Waals surface area (Å²) in [7, 11) is 0. The number of rotatable bonds is 7. The lowest BCUT2D eigenvalue weighted by Gasteiger charge is -2.37. The van der Waals surface area contributed by atoms with E-state index in [4.69, 9.17) is 9.72 Å². The fourth-order valence-corrected chi connectivity index (χ4v) is 8.17. The average molecular weight is 662 g/mol. The van der Waals surface area contributed by atoms with Crippen LogP contribution in [0.2, 0.25) is 0 Å². The van der Waals surface area contributed by atoms with Gasteiger partial charge < -0.3 is 4.74 Å². The van der Waals surface area contributed by atoms with Gasteiger partial charge in [0.25, 0.3) is 0 Å². The molecule has 224 valence electrons. The summed E-state index contributed by atoms with van der Waals surface area (Å²) in [5.41, 5.74) is 3.14. The number of ketones is 1. The first-order valence-electron chi connectivity index (χ1n) is 15.4. The van der Waals surface area contributed by atoms with Gasteiger partial charge in [-0.05, 0) is 72.9 Å². The molecular formula is C37H29BrN2O5. The van der Waals surface area contributed by atoms with Crippen LogP contribution in [0.4, 0.5) is 5.69 Å². The van der Waals surface area contributed by atoms with Crippen LogP contribution in [0, 0.1) is 35.5 Å². The van der Waals surface area contributed by atoms with Crippen LogP contribution in [0.1, 0.15) is 40.5 Å². The molecule has 2 saturated carbocycles. The Morgan fingerprint density at radius 1 is 0.911 bits per heavy atom. The number of Topliss-reactive ketones (excluding diaryl/α,β-unsaturated/α-hetero) is 1. The summed E-state index contributed by atoms with van der Waals surface area (Å²) in [5, 5.41) is 0.592. The van der Waals surface area contributed by atoms with Gasteiger partial charge in [0, 0.05) is 21.0 Å². The van der Waals surface area contributed by atoms with Crippen LogP contribution in [0.15, 0.2) is 95.5 Å². The van der Waals surface area contributed by atoms with Crippen molar-refractivity contribution >= 4 is 56.1 Å². The normalized spacial score (nSPS) is 26.5. The maximum absolute atomic E-state index is 13.7. The maximum Gasteiger partial charge on any atom is 0.339 e. The van der Waals surface area contributed by atoms with E-state index >= 15 is 0 Å². The number of imide groups is 1. The van der Waals surface area contributed by atoms with E-state index in [1.807, 2.05) is 43.3 Å². The number of allylic oxidation sites excluding steroid dienone is 2. The lowest BCUT2D eigenvalue weighted by atomic mass is 9.63. The van der Waals surface area contributed by atoms with Gasteiger partial charge in [0.05, 0.1) is 34.3 Å². The highest BCUT2D eigenvalue weighted by Gasteiger charge is 2.67. The lowest BCUT2D eigenvalue weighted by molar-refractivity contribution is -0.124. The summed E-state index contributed by atoms with van der Waals surface area (Å²) < 4.78 is 6.59. The van der Waals surface area contributed by atoms with Crippen LogP contribution >= 0.6 is 15.9 Å². The summed E-state index contributed by atoms with van der Waals surface area (Å²) in [6, 6.07) is 23.1. The predicted molar refractivity (Wildman–Crippen MR) is 172 cm³/mol. The average Bonchev–Trinajstić information content (AvgIpc) is 3.85. The number of hydrogen-bond acceptors (Lipinski definition) is 6. The van der Waals surface area contributed by atoms with E-state index < -0.39 is 12.1 Å². The molecule has 1 saturated heterocycles. The Balaban J connectivity index is 1.10. The Morgan fingerprint density at radius 3 is 2.22 bits per heavy atom. The number of ether oxygens (including phenoxy) is 1. The van der Waals surface area contributed by atoms with Crippen LogP contribution in [-0.4, -0.2) is 34.7 Å². The van der Waals surface area contributed by atoms with Gasteiger partial charge in [-0.3, -0.25) is 19.3 Å². The largest absolute Gasteiger partial charge is 0.450 e. The van der Waals surface area contributed by atoms with E-state index in [1.165, 1.54) is 4.90 Å². The quantitative estimate of drug-likeness (QED) is 0.0914. The first-order valence-corrected chi connectivity index (χ1v) is 16.2. The number of nitrogens with zero attached hydrogens (tertiary/aromatic N) is 2. The molecule has 3 fully saturated rings. The molecule has 0 radical (unpaired) electrons. The number of aromatic nitrogens is 1. The number of amides is 2. The van der Waals surface area contributed by atoms with Gasteiger partial charge in [0.1, 0.15) is 0 Å². The summed E-state index contributed by atoms with van der Waals surface area (Å²) in [6.07, 6.45) is 4.86. The highest BCUT2D eigenvalue weighted by atomic mass is 79.9. The zero-order valence-electron chi connectivity index (χ0n) is 24.4. The second-order valence-electron chi connectivity index (χ2n) is 12.5. The molecule has 7 atom stereocenters. The zero-order valence-corrected chi connectivity index (χ0v) is 26.0. The van der Waals surface area contributed by atoms with Crippen molar-refractivity contribution in [1.82, 2.24) is 4.98 Å². The molecule has 2 amide bonds. The molecule has 9 rings (SSSR count). The van der Waals surface area contributed by atoms with Crippen molar-refractivity contribution in [1.29, 1.82) is 0 Å². The number of benzene rings is 3. The number of fused-ring (bicyclic) bond motifs is 1. The Kier molecular flexibility index (Phi) is 6.60. The van der Waals surface area contributed by atoms with Gasteiger partial charge in [-0.15, -0.1) is 0 Å². The third-order valence-corrected chi connectivity index (χ3v) is 10.5. The SMILES string of the molecule is CCC(OC(=O)c1cc(-c2ccc(N3C(=O)C4C5C=CC(C6CC56)C4C3=O)cc2)nc2ccc(Br)cc12)C(=O)c1ccccc1. The third-order valence-electron chi connectivity index (χ3n) is 10.0. The lowest BCUT2D eigenvalue weighted by Crippen LogP contribution is -2.40. The Morgan fingerprint density at radius 2 is 1.58 bits per heavy atom. The number of halogens is 1. The second kappa shape index (κ2) is 10.6. The van der Waals surface area contributed by atoms with E-state index in [0.29, 0.717) is 51.7 Å². The minimum Gasteiger partial charge on any atom is -0.450 e. The molecule has 4 aliphatic carbocycles. The molecule has 3 aromatic carbocycles. The minimum atomic E-state index is -0.937. The topological polar surface area (TPSA) is 93.6 Å². The zero-order chi connectivity index (χ0) is 31.0. The molecule has 2 heterocycles. The number of anilines is 1. The summed E-state index contributed by atoms with van der Waals surface area (Å²) in [5.74, 6) is -0.162. The van der Waals surface area contributed by atoms with Crippen LogP contribution in [0.25, 0.3) is 22.2 Å². The van der Waals surface area contributed by atoms with Crippen molar-refractivity contribution in [3.05, 3.63) is 107 Å². The van der Waals surface area contributed by atoms with Gasteiger partial charge in [0.2, 0.25) is 17.6 Å². The third kappa shape index (κ3) is 4.49. The molecule has 5 aliphatic rings. The number of carbonyl (C=O) groups is 4. The highest BCUT2D eigenvalue weighted by molar-refractivity contribution is 9.10. The van der Waals surface area contributed by atoms with Crippen LogP contribution in [-0.2, 0) is 14.3 Å². The molecule has 2 bridgehead atoms. The van der Waals surface area contributed by atoms with Crippen molar-refractivity contribution in [2.45, 2.75) is 25.9 Å². The number of carbonyl (C=O) groups excluding carboxylic acids is 4. The van der Waals surface area contributed by atoms with Gasteiger partial charge in [-0.2, -0.15) is 0 Å². The van der Waals surface area contributed by atoms with Crippen molar-refractivity contribution in [3.63, 3.8) is 0 Å². The molecule has 1 aliphatic heterocycles. The fourth-order valence-electron chi connectivity index (χ4n) is 7.81. The minimum absolute atomic E-state index is 0.0996. The molecule has 7 nitrogen and oxygen atoms in total. The van der Waals surface area contributed by atoms with E-state index in [2.05, 4.69) is 28.1 Å². The van der Waals surface area contributed by atoms with E-state index in [1.54, 1.807) is 42.5 Å². The van der Waals surface area contributed by atoms with Gasteiger partial charge in [0.15, 0.2) is 6.10 Å². The van der Waals surface area contributed by atoms with Gasteiger partial charge in [-0.1, -0.05) is 77.5 Å². The molecule has 1 aromatic heterocycles. The molecule has 4 aromatic rings. The second-order valence-corrected chi connectivity index (χ2v) is 13.4.